The van der Waals surface area contributed by atoms with Gasteiger partial charge < -0.3 is 15.1 Å². The Bertz CT molecular complexity index is 903. The Kier molecular flexibility index (Phi) is 9.17. The largest absolute Gasteiger partial charge is 0.469 e. The van der Waals surface area contributed by atoms with Crippen LogP contribution in [0.15, 0.2) is 57.0 Å². The number of halogens is 1. The maximum Gasteiger partial charge on any atom is 0.238 e. The second-order valence-electron chi connectivity index (χ2n) is 7.67. The average Bonchev–Trinajstić information content (AvgIpc) is 3.18. The van der Waals surface area contributed by atoms with Crippen LogP contribution < -0.4 is 15.8 Å². The summed E-state index contributed by atoms with van der Waals surface area (Å²) in [6.07, 6.45) is 7.42. The molecule has 0 amide bonds. The quantitative estimate of drug-likeness (QED) is 0.254. The standard InChI is InChI=1S/C21H30N4O3S.HI/c1-2-21(11-4-12-21)16-25-20(23-13-10-18-5-3-14-28-18)24-15-17-6-8-19(9-7-17)29(22,26)27;/h3,5-9,14H,2,4,10-13,15-16H2,1H3,(H2,22,26,27)(H2,23,24,25);1H. The number of hydrogen-bond acceptors (Lipinski definition) is 4. The van der Waals surface area contributed by atoms with E-state index in [0.717, 1.165) is 36.7 Å². The van der Waals surface area contributed by atoms with Gasteiger partial charge in [-0.05, 0) is 54.5 Å². The van der Waals surface area contributed by atoms with Gasteiger partial charge in [-0.2, -0.15) is 0 Å². The van der Waals surface area contributed by atoms with Gasteiger partial charge in [0.15, 0.2) is 5.96 Å². The predicted molar refractivity (Wildman–Crippen MR) is 129 cm³/mol. The smallest absolute Gasteiger partial charge is 0.238 e. The number of sulfonamides is 1. The van der Waals surface area contributed by atoms with Crippen LogP contribution in [-0.2, 0) is 23.0 Å². The third kappa shape index (κ3) is 6.98. The molecular weight excluding hydrogens is 515 g/mol. The first-order valence-electron chi connectivity index (χ1n) is 10.1. The maximum atomic E-state index is 11.4. The summed E-state index contributed by atoms with van der Waals surface area (Å²) >= 11 is 0. The molecule has 1 aromatic heterocycles. The van der Waals surface area contributed by atoms with Crippen molar-refractivity contribution >= 4 is 40.0 Å². The molecule has 0 aliphatic heterocycles. The van der Waals surface area contributed by atoms with Crippen molar-refractivity contribution in [1.29, 1.82) is 0 Å². The Balaban J connectivity index is 0.00000320. The van der Waals surface area contributed by atoms with E-state index in [1.165, 1.54) is 31.4 Å². The Morgan fingerprint density at radius 1 is 1.20 bits per heavy atom. The van der Waals surface area contributed by atoms with Crippen LogP contribution in [0.2, 0.25) is 0 Å². The van der Waals surface area contributed by atoms with Gasteiger partial charge in [-0.1, -0.05) is 25.5 Å². The number of aliphatic imine (C=N–C) groups is 1. The molecule has 1 aromatic carbocycles. The van der Waals surface area contributed by atoms with Crippen molar-refractivity contribution in [1.82, 2.24) is 10.6 Å². The molecule has 1 aliphatic carbocycles. The molecule has 3 rings (SSSR count). The summed E-state index contributed by atoms with van der Waals surface area (Å²) in [6, 6.07) is 10.3. The summed E-state index contributed by atoms with van der Waals surface area (Å²) in [5.41, 5.74) is 1.29. The van der Waals surface area contributed by atoms with Crippen LogP contribution in [0, 0.1) is 5.41 Å². The summed E-state index contributed by atoms with van der Waals surface area (Å²) < 4.78 is 28.2. The van der Waals surface area contributed by atoms with Crippen LogP contribution >= 0.6 is 24.0 Å². The monoisotopic (exact) mass is 546 g/mol. The molecule has 1 fully saturated rings. The number of hydrogen-bond donors (Lipinski definition) is 3. The van der Waals surface area contributed by atoms with Gasteiger partial charge in [0.05, 0.1) is 17.7 Å². The van der Waals surface area contributed by atoms with E-state index in [2.05, 4.69) is 22.5 Å². The molecule has 1 saturated carbocycles. The molecule has 7 nitrogen and oxygen atoms in total. The number of guanidine groups is 1. The van der Waals surface area contributed by atoms with Crippen molar-refractivity contribution in [2.24, 2.45) is 15.5 Å². The topological polar surface area (TPSA) is 110 Å². The Hall–Kier alpha value is -1.59. The third-order valence-corrected chi connectivity index (χ3v) is 6.64. The Morgan fingerprint density at radius 2 is 1.93 bits per heavy atom. The molecule has 30 heavy (non-hydrogen) atoms. The Labute approximate surface area is 196 Å². The first-order valence-corrected chi connectivity index (χ1v) is 11.6. The van der Waals surface area contributed by atoms with Crippen LogP contribution in [0.5, 0.6) is 0 Å². The van der Waals surface area contributed by atoms with E-state index in [1.807, 2.05) is 12.1 Å². The van der Waals surface area contributed by atoms with Crippen LogP contribution in [0.4, 0.5) is 0 Å². The molecule has 1 aliphatic rings. The molecule has 0 radical (unpaired) electrons. The highest BCUT2D eigenvalue weighted by Crippen LogP contribution is 2.42. The lowest BCUT2D eigenvalue weighted by molar-refractivity contribution is 0.131. The molecule has 4 N–H and O–H groups in total. The molecule has 0 atom stereocenters. The molecule has 2 aromatic rings. The SMILES string of the molecule is CCC1(CNC(=NCc2ccc(S(N)(=O)=O)cc2)NCCc2ccco2)CCC1.I. The van der Waals surface area contributed by atoms with E-state index in [0.29, 0.717) is 18.5 Å². The van der Waals surface area contributed by atoms with Gasteiger partial charge in [-0.15, -0.1) is 24.0 Å². The van der Waals surface area contributed by atoms with Gasteiger partial charge in [0.25, 0.3) is 0 Å². The van der Waals surface area contributed by atoms with Crippen LogP contribution in [0.1, 0.15) is 43.9 Å². The molecule has 0 saturated heterocycles. The molecule has 9 heteroatoms. The zero-order valence-corrected chi connectivity index (χ0v) is 20.4. The van der Waals surface area contributed by atoms with Gasteiger partial charge in [0, 0.05) is 19.5 Å². The zero-order valence-electron chi connectivity index (χ0n) is 17.3. The van der Waals surface area contributed by atoms with Gasteiger partial charge in [0.2, 0.25) is 10.0 Å². The van der Waals surface area contributed by atoms with Gasteiger partial charge in [-0.25, -0.2) is 18.5 Å². The van der Waals surface area contributed by atoms with E-state index in [9.17, 15) is 8.42 Å². The summed E-state index contributed by atoms with van der Waals surface area (Å²) in [4.78, 5) is 4.79. The lowest BCUT2D eigenvalue weighted by Gasteiger charge is -2.41. The number of primary sulfonamides is 1. The van der Waals surface area contributed by atoms with E-state index in [4.69, 9.17) is 9.56 Å². The van der Waals surface area contributed by atoms with E-state index in [-0.39, 0.29) is 28.9 Å². The molecule has 0 spiro atoms. The minimum atomic E-state index is -3.68. The highest BCUT2D eigenvalue weighted by Gasteiger charge is 2.34. The van der Waals surface area contributed by atoms with E-state index >= 15 is 0 Å². The fourth-order valence-electron chi connectivity index (χ4n) is 3.49. The van der Waals surface area contributed by atoms with Crippen LogP contribution in [0.3, 0.4) is 0 Å². The van der Waals surface area contributed by atoms with Gasteiger partial charge >= 0.3 is 0 Å². The number of nitrogens with one attached hydrogen (secondary N) is 2. The van der Waals surface area contributed by atoms with Crippen molar-refractivity contribution in [3.05, 3.63) is 54.0 Å². The van der Waals surface area contributed by atoms with Gasteiger partial charge in [0.1, 0.15) is 5.76 Å². The number of benzene rings is 1. The van der Waals surface area contributed by atoms with Gasteiger partial charge in [-0.3, -0.25) is 0 Å². The fraction of sp³-hybridized carbons (Fsp3) is 0.476. The fourth-order valence-corrected chi connectivity index (χ4v) is 4.01. The predicted octanol–water partition coefficient (Wildman–Crippen LogP) is 3.40. The summed E-state index contributed by atoms with van der Waals surface area (Å²) in [6.45, 7) is 4.30. The van der Waals surface area contributed by atoms with E-state index in [1.54, 1.807) is 18.4 Å². The zero-order chi connectivity index (χ0) is 20.7. The van der Waals surface area contributed by atoms with Crippen LogP contribution in [0.25, 0.3) is 0 Å². The van der Waals surface area contributed by atoms with Crippen molar-refractivity contribution in [3.8, 4) is 0 Å². The lowest BCUT2D eigenvalue weighted by Crippen LogP contribution is -2.46. The average molecular weight is 546 g/mol. The first-order chi connectivity index (χ1) is 13.9. The maximum absolute atomic E-state index is 11.4. The third-order valence-electron chi connectivity index (χ3n) is 5.71. The summed E-state index contributed by atoms with van der Waals surface area (Å²) in [5, 5.41) is 12.0. The number of nitrogens with zero attached hydrogens (tertiary/aromatic N) is 1. The van der Waals surface area contributed by atoms with Crippen molar-refractivity contribution < 1.29 is 12.8 Å². The first kappa shape index (κ1) is 24.7. The second-order valence-corrected chi connectivity index (χ2v) is 9.23. The van der Waals surface area contributed by atoms with E-state index < -0.39 is 10.0 Å². The number of furan rings is 1. The minimum Gasteiger partial charge on any atom is -0.469 e. The number of nitrogens with two attached hydrogens (primary N) is 1. The molecule has 166 valence electrons. The van der Waals surface area contributed by atoms with Crippen molar-refractivity contribution in [2.45, 2.75) is 50.5 Å². The molecule has 0 bridgehead atoms. The summed E-state index contributed by atoms with van der Waals surface area (Å²) in [5.74, 6) is 1.69. The normalized spacial score (nSPS) is 15.7. The highest BCUT2D eigenvalue weighted by molar-refractivity contribution is 14.0. The van der Waals surface area contributed by atoms with Crippen molar-refractivity contribution in [2.75, 3.05) is 13.1 Å². The van der Waals surface area contributed by atoms with Crippen LogP contribution in [-0.4, -0.2) is 27.5 Å². The molecule has 1 heterocycles. The summed E-state index contributed by atoms with van der Waals surface area (Å²) in [7, 11) is -3.68. The highest BCUT2D eigenvalue weighted by atomic mass is 127. The second kappa shape index (κ2) is 11.1. The molecule has 0 unspecified atom stereocenters. The lowest BCUT2D eigenvalue weighted by atomic mass is 9.67. The van der Waals surface area contributed by atoms with Crippen molar-refractivity contribution in [3.63, 3.8) is 0 Å². The minimum absolute atomic E-state index is 0. The Morgan fingerprint density at radius 3 is 2.47 bits per heavy atom. The molecular formula is C21H31IN4O3S. The number of rotatable bonds is 9.